The van der Waals surface area contributed by atoms with Crippen LogP contribution >= 0.6 is 15.9 Å². The number of carboxylic acid groups (broad SMARTS) is 1. The summed E-state index contributed by atoms with van der Waals surface area (Å²) in [5.41, 5.74) is 6.54. The molecule has 3 N–H and O–H groups in total. The van der Waals surface area contributed by atoms with E-state index in [9.17, 15) is 14.7 Å². The third-order valence-electron chi connectivity index (χ3n) is 3.29. The molecule has 0 aliphatic carbocycles. The third kappa shape index (κ3) is 2.89. The lowest BCUT2D eigenvalue weighted by Crippen LogP contribution is -2.48. The number of carbonyl (C=O) groups is 2. The van der Waals surface area contributed by atoms with Crippen molar-refractivity contribution >= 4 is 33.5 Å². The number of hydrogen-bond acceptors (Lipinski definition) is 3. The van der Waals surface area contributed by atoms with E-state index in [4.69, 9.17) is 5.73 Å². The van der Waals surface area contributed by atoms with Gasteiger partial charge in [-0.3, -0.25) is 4.79 Å². The number of hydrogen-bond donors (Lipinski definition) is 2. The second-order valence-corrected chi connectivity index (χ2v) is 5.50. The van der Waals surface area contributed by atoms with Crippen molar-refractivity contribution in [3.05, 3.63) is 28.2 Å². The number of carbonyl (C=O) groups excluding carboxylic acids is 1. The molecule has 0 bridgehead atoms. The Balaban J connectivity index is 2.28. The van der Waals surface area contributed by atoms with Gasteiger partial charge in [0.15, 0.2) is 0 Å². The average molecular weight is 327 g/mol. The molecule has 1 heterocycles. The first kappa shape index (κ1) is 13.9. The number of carboxylic acids is 1. The molecule has 5 nitrogen and oxygen atoms in total. The predicted octanol–water partition coefficient (Wildman–Crippen LogP) is 2.11. The quantitative estimate of drug-likeness (QED) is 0.815. The Morgan fingerprint density at radius 1 is 1.37 bits per heavy atom. The summed E-state index contributed by atoms with van der Waals surface area (Å²) in [5.74, 6) is -1.26. The van der Waals surface area contributed by atoms with Gasteiger partial charge in [0.1, 0.15) is 6.04 Å². The van der Waals surface area contributed by atoms with E-state index in [-0.39, 0.29) is 5.91 Å². The van der Waals surface area contributed by atoms with Crippen molar-refractivity contribution in [2.75, 3.05) is 12.3 Å². The number of nitrogens with zero attached hydrogens (tertiary/aromatic N) is 1. The Morgan fingerprint density at radius 3 is 2.74 bits per heavy atom. The van der Waals surface area contributed by atoms with Gasteiger partial charge < -0.3 is 15.7 Å². The normalized spacial score (nSPS) is 19.2. The molecule has 1 aliphatic heterocycles. The van der Waals surface area contributed by atoms with Crippen LogP contribution in [-0.2, 0) is 4.79 Å². The van der Waals surface area contributed by atoms with Gasteiger partial charge >= 0.3 is 5.97 Å². The number of aliphatic carboxylic acids is 1. The lowest BCUT2D eigenvalue weighted by Gasteiger charge is -2.33. The molecule has 0 spiro atoms. The molecule has 1 amide bonds. The fourth-order valence-corrected chi connectivity index (χ4v) is 2.69. The predicted molar refractivity (Wildman–Crippen MR) is 74.9 cm³/mol. The monoisotopic (exact) mass is 326 g/mol. The topological polar surface area (TPSA) is 83.6 Å². The second kappa shape index (κ2) is 5.61. The second-order valence-electron chi connectivity index (χ2n) is 4.58. The lowest BCUT2D eigenvalue weighted by atomic mass is 10.0. The molecule has 1 aromatic carbocycles. The largest absolute Gasteiger partial charge is 0.480 e. The zero-order chi connectivity index (χ0) is 14.0. The third-order valence-corrected chi connectivity index (χ3v) is 3.79. The van der Waals surface area contributed by atoms with Crippen LogP contribution in [0.2, 0.25) is 0 Å². The first-order valence-electron chi connectivity index (χ1n) is 6.09. The minimum absolute atomic E-state index is 0.308. The van der Waals surface area contributed by atoms with Gasteiger partial charge in [-0.25, -0.2) is 4.79 Å². The van der Waals surface area contributed by atoms with Gasteiger partial charge in [0.2, 0.25) is 0 Å². The number of nitrogen functional groups attached to an aromatic ring is 1. The zero-order valence-electron chi connectivity index (χ0n) is 10.3. The van der Waals surface area contributed by atoms with Crippen LogP contribution in [0.15, 0.2) is 22.7 Å². The van der Waals surface area contributed by atoms with Gasteiger partial charge in [-0.05, 0) is 37.5 Å². The summed E-state index contributed by atoms with van der Waals surface area (Å²) in [7, 11) is 0. The number of nitrogens with two attached hydrogens (primary N) is 1. The first-order valence-corrected chi connectivity index (χ1v) is 6.89. The average Bonchev–Trinajstić information content (AvgIpc) is 2.38. The summed E-state index contributed by atoms with van der Waals surface area (Å²) in [5, 5.41) is 9.19. The van der Waals surface area contributed by atoms with Crippen molar-refractivity contribution in [3.63, 3.8) is 0 Å². The molecule has 0 saturated carbocycles. The summed E-state index contributed by atoms with van der Waals surface area (Å²) >= 11 is 3.28. The number of halogens is 1. The molecular weight excluding hydrogens is 312 g/mol. The number of piperidine rings is 1. The summed E-state index contributed by atoms with van der Waals surface area (Å²) in [4.78, 5) is 25.0. The highest BCUT2D eigenvalue weighted by Gasteiger charge is 2.33. The molecule has 2 rings (SSSR count). The van der Waals surface area contributed by atoms with Gasteiger partial charge in [-0.1, -0.05) is 15.9 Å². The van der Waals surface area contributed by atoms with E-state index < -0.39 is 12.0 Å². The van der Waals surface area contributed by atoms with Crippen molar-refractivity contribution in [1.82, 2.24) is 4.90 Å². The molecule has 1 aliphatic rings. The maximum atomic E-state index is 12.4. The van der Waals surface area contributed by atoms with Gasteiger partial charge in [0.05, 0.1) is 5.56 Å². The van der Waals surface area contributed by atoms with Crippen LogP contribution in [0.1, 0.15) is 29.6 Å². The Hall–Kier alpha value is -1.56. The van der Waals surface area contributed by atoms with Crippen molar-refractivity contribution in [2.45, 2.75) is 25.3 Å². The van der Waals surface area contributed by atoms with E-state index in [0.29, 0.717) is 24.2 Å². The molecular formula is C13H15BrN2O3. The van der Waals surface area contributed by atoms with Crippen LogP contribution in [-0.4, -0.2) is 34.5 Å². The summed E-state index contributed by atoms with van der Waals surface area (Å²) in [6.07, 6.45) is 2.15. The molecule has 0 unspecified atom stereocenters. The number of benzene rings is 1. The van der Waals surface area contributed by atoms with Crippen LogP contribution in [0.3, 0.4) is 0 Å². The van der Waals surface area contributed by atoms with E-state index in [1.54, 1.807) is 18.2 Å². The summed E-state index contributed by atoms with van der Waals surface area (Å²) < 4.78 is 0.787. The molecule has 19 heavy (non-hydrogen) atoms. The number of anilines is 1. The Morgan fingerprint density at radius 2 is 2.11 bits per heavy atom. The van der Waals surface area contributed by atoms with E-state index in [1.807, 2.05) is 0 Å². The minimum Gasteiger partial charge on any atom is -0.480 e. The van der Waals surface area contributed by atoms with Crippen molar-refractivity contribution in [2.24, 2.45) is 0 Å². The van der Waals surface area contributed by atoms with Gasteiger partial charge in [0.25, 0.3) is 5.91 Å². The highest BCUT2D eigenvalue weighted by atomic mass is 79.9. The number of likely N-dealkylation sites (tertiary alicyclic amines) is 1. The van der Waals surface area contributed by atoms with E-state index in [2.05, 4.69) is 15.9 Å². The van der Waals surface area contributed by atoms with Gasteiger partial charge in [-0.2, -0.15) is 0 Å². The lowest BCUT2D eigenvalue weighted by molar-refractivity contribution is -0.143. The molecule has 0 aromatic heterocycles. The molecule has 0 radical (unpaired) electrons. The minimum atomic E-state index is -0.955. The maximum absolute atomic E-state index is 12.4. The first-order chi connectivity index (χ1) is 9.00. The van der Waals surface area contributed by atoms with E-state index in [1.165, 1.54) is 4.90 Å². The highest BCUT2D eigenvalue weighted by Crippen LogP contribution is 2.24. The van der Waals surface area contributed by atoms with E-state index >= 15 is 0 Å². The van der Waals surface area contributed by atoms with Crippen molar-refractivity contribution in [3.8, 4) is 0 Å². The zero-order valence-corrected chi connectivity index (χ0v) is 11.9. The van der Waals surface area contributed by atoms with Crippen LogP contribution in [0, 0.1) is 0 Å². The Kier molecular flexibility index (Phi) is 4.09. The maximum Gasteiger partial charge on any atom is 0.326 e. The number of amides is 1. The smallest absolute Gasteiger partial charge is 0.326 e. The van der Waals surface area contributed by atoms with Crippen LogP contribution in [0.4, 0.5) is 5.69 Å². The fraction of sp³-hybridized carbons (Fsp3) is 0.385. The Labute approximate surface area is 119 Å². The fourth-order valence-electron chi connectivity index (χ4n) is 2.31. The van der Waals surface area contributed by atoms with Crippen molar-refractivity contribution < 1.29 is 14.7 Å². The van der Waals surface area contributed by atoms with Crippen LogP contribution in [0.25, 0.3) is 0 Å². The van der Waals surface area contributed by atoms with Crippen LogP contribution < -0.4 is 5.73 Å². The van der Waals surface area contributed by atoms with Crippen LogP contribution in [0.5, 0.6) is 0 Å². The standard InChI is InChI=1S/C13H15BrN2O3/c14-8-4-5-9(10(15)7-8)12(17)16-6-2-1-3-11(16)13(18)19/h4-5,7,11H,1-3,6,15H2,(H,18,19)/t11-/m1/s1. The molecule has 1 atom stereocenters. The van der Waals surface area contributed by atoms with E-state index in [0.717, 1.165) is 17.3 Å². The van der Waals surface area contributed by atoms with Gasteiger partial charge in [-0.15, -0.1) is 0 Å². The SMILES string of the molecule is Nc1cc(Br)ccc1C(=O)N1CCCC[C@@H]1C(=O)O. The highest BCUT2D eigenvalue weighted by molar-refractivity contribution is 9.10. The van der Waals surface area contributed by atoms with Gasteiger partial charge in [0, 0.05) is 16.7 Å². The summed E-state index contributed by atoms with van der Waals surface area (Å²) in [6.45, 7) is 0.464. The summed E-state index contributed by atoms with van der Waals surface area (Å²) in [6, 6.07) is 4.25. The molecule has 1 aromatic rings. The van der Waals surface area contributed by atoms with Crippen molar-refractivity contribution in [1.29, 1.82) is 0 Å². The molecule has 102 valence electrons. The molecule has 1 saturated heterocycles. The number of rotatable bonds is 2. The molecule has 1 fully saturated rings. The molecule has 6 heteroatoms. The Bertz CT molecular complexity index is 519.